The molecule has 2 aliphatic rings. The molecule has 0 atom stereocenters. The van der Waals surface area contributed by atoms with Gasteiger partial charge in [-0.25, -0.2) is 0 Å². The maximum atomic E-state index is 10.2. The molecule has 0 aromatic rings. The molecule has 3 heteroatoms. The van der Waals surface area contributed by atoms with Gasteiger partial charge in [-0.1, -0.05) is 33.1 Å². The second-order valence-corrected chi connectivity index (χ2v) is 3.51. The maximum absolute atomic E-state index is 10.2. The molecule has 0 aromatic heterocycles. The van der Waals surface area contributed by atoms with Crippen LogP contribution in [0.4, 0.5) is 0 Å². The fourth-order valence-electron chi connectivity index (χ4n) is 0.927. The molecule has 0 spiro atoms. The largest absolute Gasteiger partial charge is 0.343 e. The van der Waals surface area contributed by atoms with Crippen molar-refractivity contribution < 1.29 is 4.79 Å². The van der Waals surface area contributed by atoms with Crippen LogP contribution in [-0.2, 0) is 4.79 Å². The van der Waals surface area contributed by atoms with Crippen LogP contribution in [0.3, 0.4) is 0 Å². The topological polar surface area (TPSA) is 23.6 Å². The molecule has 3 nitrogen and oxygen atoms in total. The molecule has 0 radical (unpaired) electrons. The molecule has 0 aromatic carbocycles. The summed E-state index contributed by atoms with van der Waals surface area (Å²) in [5.41, 5.74) is 0. The van der Waals surface area contributed by atoms with Gasteiger partial charge >= 0.3 is 0 Å². The quantitative estimate of drug-likeness (QED) is 0.600. The van der Waals surface area contributed by atoms with Crippen molar-refractivity contribution >= 4 is 6.41 Å². The van der Waals surface area contributed by atoms with Gasteiger partial charge in [0.25, 0.3) is 0 Å². The third kappa shape index (κ3) is 8.05. The van der Waals surface area contributed by atoms with Crippen LogP contribution in [0.25, 0.3) is 0 Å². The molecule has 1 saturated carbocycles. The maximum Gasteiger partial charge on any atom is 0.209 e. The van der Waals surface area contributed by atoms with Crippen molar-refractivity contribution in [2.75, 3.05) is 33.2 Å². The van der Waals surface area contributed by atoms with Gasteiger partial charge in [0.15, 0.2) is 0 Å². The molecule has 1 amide bonds. The van der Waals surface area contributed by atoms with E-state index in [0.717, 1.165) is 32.6 Å². The molecular formula is C11H24N2O. The summed E-state index contributed by atoms with van der Waals surface area (Å²) in [6.45, 7) is 7.80. The summed E-state index contributed by atoms with van der Waals surface area (Å²) in [6.07, 6.45) is 5.42. The van der Waals surface area contributed by atoms with Crippen LogP contribution in [0.15, 0.2) is 0 Å². The number of carbonyl (C=O) groups excluding carboxylic acids is 1. The third-order valence-electron chi connectivity index (χ3n) is 2.04. The van der Waals surface area contributed by atoms with E-state index in [1.165, 1.54) is 19.3 Å². The minimum absolute atomic E-state index is 0.889. The number of hydrogen-bond acceptors (Lipinski definition) is 2. The summed E-state index contributed by atoms with van der Waals surface area (Å²) in [4.78, 5) is 14.2. The van der Waals surface area contributed by atoms with Crippen molar-refractivity contribution in [1.82, 2.24) is 9.80 Å². The highest BCUT2D eigenvalue weighted by atomic mass is 16.1. The minimum atomic E-state index is 0.889. The summed E-state index contributed by atoms with van der Waals surface area (Å²) < 4.78 is 0. The molecule has 0 bridgehead atoms. The number of amides is 1. The summed E-state index contributed by atoms with van der Waals surface area (Å²) in [5, 5.41) is 0. The van der Waals surface area contributed by atoms with E-state index in [1.807, 2.05) is 13.8 Å². The lowest BCUT2D eigenvalue weighted by atomic mass is 10.4. The molecule has 1 aliphatic heterocycles. The smallest absolute Gasteiger partial charge is 0.209 e. The highest BCUT2D eigenvalue weighted by Gasteiger charge is 2.10. The van der Waals surface area contributed by atoms with Gasteiger partial charge < -0.3 is 9.80 Å². The normalized spacial score (nSPS) is 19.8. The molecule has 0 N–H and O–H groups in total. The highest BCUT2D eigenvalue weighted by molar-refractivity contribution is 5.47. The fraction of sp³-hybridized carbons (Fsp3) is 0.909. The molecule has 1 saturated heterocycles. The van der Waals surface area contributed by atoms with E-state index in [-0.39, 0.29) is 0 Å². The van der Waals surface area contributed by atoms with Gasteiger partial charge in [-0.2, -0.15) is 0 Å². The van der Waals surface area contributed by atoms with Crippen LogP contribution in [0, 0.1) is 0 Å². The van der Waals surface area contributed by atoms with Crippen molar-refractivity contribution in [3.8, 4) is 0 Å². The summed E-state index contributed by atoms with van der Waals surface area (Å²) >= 11 is 0. The first-order valence-corrected chi connectivity index (χ1v) is 5.71. The lowest BCUT2D eigenvalue weighted by Crippen LogP contribution is -2.43. The Morgan fingerprint density at radius 1 is 0.929 bits per heavy atom. The predicted molar refractivity (Wildman–Crippen MR) is 60.3 cm³/mol. The van der Waals surface area contributed by atoms with Crippen LogP contribution in [0.1, 0.15) is 33.1 Å². The molecule has 2 rings (SSSR count). The zero-order chi connectivity index (χ0) is 10.8. The first-order valence-electron chi connectivity index (χ1n) is 5.71. The fourth-order valence-corrected chi connectivity index (χ4v) is 0.927. The van der Waals surface area contributed by atoms with Crippen molar-refractivity contribution in [3.63, 3.8) is 0 Å². The first-order chi connectivity index (χ1) is 6.83. The SMILES string of the molecule is C1CC1.CC.CN1CCN(C=O)CC1. The van der Waals surface area contributed by atoms with Crippen LogP contribution in [0.5, 0.6) is 0 Å². The van der Waals surface area contributed by atoms with Crippen LogP contribution < -0.4 is 0 Å². The lowest BCUT2D eigenvalue weighted by molar-refractivity contribution is -0.119. The minimum Gasteiger partial charge on any atom is -0.343 e. The van der Waals surface area contributed by atoms with E-state index >= 15 is 0 Å². The molecule has 84 valence electrons. The highest BCUT2D eigenvalue weighted by Crippen LogP contribution is 2.14. The van der Waals surface area contributed by atoms with E-state index in [1.54, 1.807) is 4.90 Å². The van der Waals surface area contributed by atoms with Gasteiger partial charge in [-0.3, -0.25) is 4.79 Å². The Bertz CT molecular complexity index is 126. The van der Waals surface area contributed by atoms with Gasteiger partial charge in [0, 0.05) is 26.2 Å². The summed E-state index contributed by atoms with van der Waals surface area (Å²) in [5.74, 6) is 0. The Balaban J connectivity index is 0.000000280. The standard InChI is InChI=1S/C6H12N2O.C3H6.C2H6/c1-7-2-4-8(6-9)5-3-7;1-2-3-1;1-2/h6H,2-5H2,1H3;1-3H2;1-2H3. The Kier molecular flexibility index (Phi) is 8.64. The van der Waals surface area contributed by atoms with Gasteiger partial charge in [-0.05, 0) is 7.05 Å². The van der Waals surface area contributed by atoms with E-state index in [0.29, 0.717) is 0 Å². The number of hydrogen-bond donors (Lipinski definition) is 0. The van der Waals surface area contributed by atoms with E-state index in [9.17, 15) is 4.79 Å². The molecule has 2 fully saturated rings. The Morgan fingerprint density at radius 2 is 1.36 bits per heavy atom. The average Bonchev–Trinajstić information content (AvgIpc) is 3.09. The van der Waals surface area contributed by atoms with E-state index in [4.69, 9.17) is 0 Å². The number of nitrogens with zero attached hydrogens (tertiary/aromatic N) is 2. The Labute approximate surface area is 88.1 Å². The van der Waals surface area contributed by atoms with Crippen molar-refractivity contribution in [2.45, 2.75) is 33.1 Å². The van der Waals surface area contributed by atoms with Crippen LogP contribution in [0.2, 0.25) is 0 Å². The second kappa shape index (κ2) is 9.00. The average molecular weight is 200 g/mol. The zero-order valence-corrected chi connectivity index (χ0v) is 9.83. The summed E-state index contributed by atoms with van der Waals surface area (Å²) in [6, 6.07) is 0. The second-order valence-electron chi connectivity index (χ2n) is 3.51. The molecule has 0 unspecified atom stereocenters. The Morgan fingerprint density at radius 3 is 1.64 bits per heavy atom. The molecule has 14 heavy (non-hydrogen) atoms. The van der Waals surface area contributed by atoms with Gasteiger partial charge in [0.2, 0.25) is 6.41 Å². The monoisotopic (exact) mass is 200 g/mol. The summed E-state index contributed by atoms with van der Waals surface area (Å²) in [7, 11) is 2.07. The third-order valence-corrected chi connectivity index (χ3v) is 2.04. The zero-order valence-electron chi connectivity index (χ0n) is 9.83. The Hall–Kier alpha value is -0.570. The first kappa shape index (κ1) is 13.4. The van der Waals surface area contributed by atoms with Crippen LogP contribution in [-0.4, -0.2) is 49.4 Å². The number of rotatable bonds is 1. The number of piperazine rings is 1. The van der Waals surface area contributed by atoms with Gasteiger partial charge in [-0.15, -0.1) is 0 Å². The van der Waals surface area contributed by atoms with E-state index < -0.39 is 0 Å². The van der Waals surface area contributed by atoms with Crippen molar-refractivity contribution in [1.29, 1.82) is 0 Å². The lowest BCUT2D eigenvalue weighted by Gasteiger charge is -2.29. The molecule has 1 aliphatic carbocycles. The molecule has 1 heterocycles. The van der Waals surface area contributed by atoms with Crippen molar-refractivity contribution in [3.05, 3.63) is 0 Å². The predicted octanol–water partition coefficient (Wildman–Crippen LogP) is 1.59. The number of carbonyl (C=O) groups is 1. The van der Waals surface area contributed by atoms with Crippen molar-refractivity contribution in [2.24, 2.45) is 0 Å². The van der Waals surface area contributed by atoms with Gasteiger partial charge in [0.1, 0.15) is 0 Å². The number of likely N-dealkylation sites (N-methyl/N-ethyl adjacent to an activating group) is 1. The van der Waals surface area contributed by atoms with Crippen LogP contribution >= 0.6 is 0 Å². The van der Waals surface area contributed by atoms with Gasteiger partial charge in [0.05, 0.1) is 0 Å². The van der Waals surface area contributed by atoms with E-state index in [2.05, 4.69) is 11.9 Å². The molecular weight excluding hydrogens is 176 g/mol.